The van der Waals surface area contributed by atoms with Crippen LogP contribution in [0, 0.1) is 11.3 Å². The summed E-state index contributed by atoms with van der Waals surface area (Å²) < 4.78 is 37.4. The summed E-state index contributed by atoms with van der Waals surface area (Å²) in [6, 6.07) is 18.6. The van der Waals surface area contributed by atoms with Gasteiger partial charge in [0.1, 0.15) is 0 Å². The number of rotatable bonds is 6. The Bertz CT molecular complexity index is 1820. The zero-order valence-electron chi connectivity index (χ0n) is 18.1. The van der Waals surface area contributed by atoms with Crippen LogP contribution in [-0.2, 0) is 10.0 Å². The van der Waals surface area contributed by atoms with Gasteiger partial charge in [0, 0.05) is 11.6 Å². The molecule has 0 aliphatic rings. The van der Waals surface area contributed by atoms with E-state index in [0.717, 1.165) is 0 Å². The summed E-state index contributed by atoms with van der Waals surface area (Å²) in [5, 5.41) is 19.6. The van der Waals surface area contributed by atoms with Crippen LogP contribution in [0.1, 0.15) is 16.1 Å². The fraction of sp³-hybridized carbons (Fsp3) is 0. The quantitative estimate of drug-likeness (QED) is 0.314. The number of hydrogen-bond acceptors (Lipinski definition) is 9. The van der Waals surface area contributed by atoms with E-state index >= 15 is 0 Å². The fourth-order valence-electron chi connectivity index (χ4n) is 3.42. The molecule has 0 atom stereocenters. The van der Waals surface area contributed by atoms with Gasteiger partial charge in [-0.2, -0.15) is 5.26 Å². The van der Waals surface area contributed by atoms with Gasteiger partial charge in [-0.05, 0) is 42.5 Å². The average Bonchev–Trinajstić information content (AvgIpc) is 3.50. The molecule has 0 aliphatic carbocycles. The minimum atomic E-state index is -3.82. The highest BCUT2D eigenvalue weighted by atomic mass is 32.2. The molecule has 0 saturated carbocycles. The fourth-order valence-corrected chi connectivity index (χ4v) is 4.50. The van der Waals surface area contributed by atoms with Gasteiger partial charge in [-0.15, -0.1) is 0 Å². The van der Waals surface area contributed by atoms with Crippen molar-refractivity contribution in [2.45, 2.75) is 4.90 Å². The number of aromatic nitrogens is 3. The Kier molecular flexibility index (Phi) is 5.55. The third-order valence-corrected chi connectivity index (χ3v) is 6.48. The Labute approximate surface area is 202 Å². The van der Waals surface area contributed by atoms with Crippen LogP contribution in [0.15, 0.2) is 85.5 Å². The average molecular weight is 502 g/mol. The van der Waals surface area contributed by atoms with E-state index in [-0.39, 0.29) is 44.5 Å². The van der Waals surface area contributed by atoms with E-state index in [1.54, 1.807) is 18.2 Å². The number of carbonyl (C=O) groups is 1. The first-order valence-electron chi connectivity index (χ1n) is 10.2. The molecule has 3 N–H and O–H groups in total. The number of carbonyl (C=O) groups excluding carboxylic acids is 1. The highest BCUT2D eigenvalue weighted by Gasteiger charge is 2.21. The third kappa shape index (κ3) is 4.31. The van der Waals surface area contributed by atoms with Crippen molar-refractivity contribution in [1.82, 2.24) is 15.3 Å². The first-order chi connectivity index (χ1) is 17.3. The number of nitrogens with one attached hydrogen (secondary N) is 3. The summed E-state index contributed by atoms with van der Waals surface area (Å²) in [6.45, 7) is 0. The van der Waals surface area contributed by atoms with Gasteiger partial charge in [0.15, 0.2) is 17.1 Å². The van der Waals surface area contributed by atoms with Crippen LogP contribution in [0.3, 0.4) is 0 Å². The summed E-state index contributed by atoms with van der Waals surface area (Å²) in [6.07, 6.45) is 0. The second-order valence-electron chi connectivity index (χ2n) is 7.43. The van der Waals surface area contributed by atoms with E-state index in [2.05, 4.69) is 29.9 Å². The number of anilines is 2. The number of nitriles is 1. The van der Waals surface area contributed by atoms with Crippen LogP contribution in [0.4, 0.5) is 11.4 Å². The molecule has 2 heterocycles. The van der Waals surface area contributed by atoms with Crippen molar-refractivity contribution in [2.75, 3.05) is 10.0 Å². The molecule has 0 radical (unpaired) electrons. The van der Waals surface area contributed by atoms with Crippen molar-refractivity contribution >= 4 is 38.3 Å². The van der Waals surface area contributed by atoms with Gasteiger partial charge in [-0.25, -0.2) is 13.2 Å². The number of H-pyrrole nitrogens is 1. The highest BCUT2D eigenvalue weighted by molar-refractivity contribution is 7.92. The molecule has 0 bridgehead atoms. The van der Waals surface area contributed by atoms with Crippen molar-refractivity contribution < 1.29 is 22.3 Å². The minimum Gasteiger partial charge on any atom is -0.355 e. The van der Waals surface area contributed by atoms with E-state index in [0.29, 0.717) is 5.39 Å². The van der Waals surface area contributed by atoms with E-state index in [1.165, 1.54) is 48.5 Å². The SMILES string of the molecule is N#Cc1ccc(NC(=O)c2noc3cc(NS(=O)(=O)c4ccccc4)ccc23)c(-c2noc(=O)[nH]2)c1. The Morgan fingerprint density at radius 1 is 1.00 bits per heavy atom. The molecule has 5 rings (SSSR count). The molecule has 0 saturated heterocycles. The van der Waals surface area contributed by atoms with Gasteiger partial charge >= 0.3 is 5.76 Å². The lowest BCUT2D eigenvalue weighted by Crippen LogP contribution is -2.14. The predicted molar refractivity (Wildman–Crippen MR) is 126 cm³/mol. The Balaban J connectivity index is 1.43. The lowest BCUT2D eigenvalue weighted by atomic mass is 10.1. The van der Waals surface area contributed by atoms with Crippen LogP contribution in [0.2, 0.25) is 0 Å². The number of sulfonamides is 1. The Morgan fingerprint density at radius 3 is 2.53 bits per heavy atom. The minimum absolute atomic E-state index is 0.0211. The third-order valence-electron chi connectivity index (χ3n) is 5.09. The zero-order valence-corrected chi connectivity index (χ0v) is 18.9. The molecule has 5 aromatic rings. The maximum atomic E-state index is 13.0. The summed E-state index contributed by atoms with van der Waals surface area (Å²) in [7, 11) is -3.82. The molecule has 2 aromatic heterocycles. The van der Waals surface area contributed by atoms with E-state index in [1.807, 2.05) is 6.07 Å². The maximum absolute atomic E-state index is 13.0. The lowest BCUT2D eigenvalue weighted by Gasteiger charge is -2.09. The van der Waals surface area contributed by atoms with Gasteiger partial charge in [-0.3, -0.25) is 19.0 Å². The number of fused-ring (bicyclic) bond motifs is 1. The van der Waals surface area contributed by atoms with Crippen LogP contribution in [-0.4, -0.2) is 29.6 Å². The zero-order chi connectivity index (χ0) is 25.3. The number of hydrogen-bond donors (Lipinski definition) is 3. The number of benzene rings is 3. The normalized spacial score (nSPS) is 11.2. The first-order valence-corrected chi connectivity index (χ1v) is 11.7. The molecule has 0 fully saturated rings. The largest absolute Gasteiger partial charge is 0.439 e. The maximum Gasteiger partial charge on any atom is 0.439 e. The van der Waals surface area contributed by atoms with E-state index in [9.17, 15) is 23.3 Å². The lowest BCUT2D eigenvalue weighted by molar-refractivity contribution is 0.102. The van der Waals surface area contributed by atoms with E-state index in [4.69, 9.17) is 4.52 Å². The Morgan fingerprint density at radius 2 is 1.81 bits per heavy atom. The number of aromatic amines is 1. The van der Waals surface area contributed by atoms with Gasteiger partial charge in [0.25, 0.3) is 15.9 Å². The van der Waals surface area contributed by atoms with Gasteiger partial charge in [-0.1, -0.05) is 28.5 Å². The molecule has 13 heteroatoms. The second kappa shape index (κ2) is 8.85. The molecular weight excluding hydrogens is 488 g/mol. The van der Waals surface area contributed by atoms with E-state index < -0.39 is 21.7 Å². The standard InChI is InChI=1S/C23H14N6O6S/c24-12-13-6-9-18(17(10-13)21-26-23(31)35-28-21)25-22(30)20-16-8-7-14(11-19(16)34-27-20)29-36(32,33)15-4-2-1-3-5-15/h1-11,29H,(H,25,30)(H,26,28,31). The smallest absolute Gasteiger partial charge is 0.355 e. The predicted octanol–water partition coefficient (Wildman–Crippen LogP) is 3.10. The van der Waals surface area contributed by atoms with Gasteiger partial charge < -0.3 is 9.84 Å². The molecule has 12 nitrogen and oxygen atoms in total. The number of amides is 1. The molecule has 0 aliphatic heterocycles. The summed E-state index contributed by atoms with van der Waals surface area (Å²) in [5.74, 6) is -1.43. The number of nitrogens with zero attached hydrogens (tertiary/aromatic N) is 3. The molecule has 3 aromatic carbocycles. The summed E-state index contributed by atoms with van der Waals surface area (Å²) in [4.78, 5) is 26.8. The van der Waals surface area contributed by atoms with Crippen LogP contribution < -0.4 is 15.8 Å². The monoisotopic (exact) mass is 502 g/mol. The van der Waals surface area contributed by atoms with Crippen LogP contribution in [0.5, 0.6) is 0 Å². The molecule has 0 unspecified atom stereocenters. The van der Waals surface area contributed by atoms with Crippen LogP contribution >= 0.6 is 0 Å². The topological polar surface area (TPSA) is 184 Å². The molecular formula is C23H14N6O6S. The van der Waals surface area contributed by atoms with Crippen molar-refractivity contribution in [2.24, 2.45) is 0 Å². The molecule has 0 spiro atoms. The van der Waals surface area contributed by atoms with Crippen LogP contribution in [0.25, 0.3) is 22.4 Å². The first kappa shape index (κ1) is 22.6. The molecule has 36 heavy (non-hydrogen) atoms. The van der Waals surface area contributed by atoms with Crippen molar-refractivity contribution in [3.8, 4) is 17.5 Å². The summed E-state index contributed by atoms with van der Waals surface area (Å²) in [5.41, 5.74) is 1.08. The van der Waals surface area contributed by atoms with Gasteiger partial charge in [0.2, 0.25) is 0 Å². The summed E-state index contributed by atoms with van der Waals surface area (Å²) >= 11 is 0. The van der Waals surface area contributed by atoms with Crippen molar-refractivity contribution in [3.63, 3.8) is 0 Å². The van der Waals surface area contributed by atoms with Crippen molar-refractivity contribution in [1.29, 1.82) is 5.26 Å². The van der Waals surface area contributed by atoms with Crippen molar-refractivity contribution in [3.05, 3.63) is 88.5 Å². The second-order valence-corrected chi connectivity index (χ2v) is 9.11. The molecule has 1 amide bonds. The Hall–Kier alpha value is -5.22. The molecule has 178 valence electrons. The van der Waals surface area contributed by atoms with Gasteiger partial charge in [0.05, 0.1) is 33.3 Å². The highest BCUT2D eigenvalue weighted by Crippen LogP contribution is 2.28.